The van der Waals surface area contributed by atoms with Crippen molar-refractivity contribution in [3.8, 4) is 0 Å². The van der Waals surface area contributed by atoms with Gasteiger partial charge in [-0.25, -0.2) is 0 Å². The Hall–Kier alpha value is -2.41. The number of benzene rings is 1. The third kappa shape index (κ3) is 3.98. The molecule has 0 radical (unpaired) electrons. The van der Waals surface area contributed by atoms with Crippen molar-refractivity contribution in [3.63, 3.8) is 0 Å². The Kier molecular flexibility index (Phi) is 4.63. The van der Waals surface area contributed by atoms with Gasteiger partial charge in [-0.05, 0) is 49.2 Å². The van der Waals surface area contributed by atoms with E-state index in [1.54, 1.807) is 18.3 Å². The maximum absolute atomic E-state index is 12.7. The summed E-state index contributed by atoms with van der Waals surface area (Å²) in [5, 5.41) is 4.27. The molecular formula is C20H20F3N3O. The number of halogens is 3. The van der Waals surface area contributed by atoms with Gasteiger partial charge in [0.15, 0.2) is 5.60 Å². The fourth-order valence-electron chi connectivity index (χ4n) is 3.79. The molecule has 1 spiro atoms. The van der Waals surface area contributed by atoms with Crippen molar-refractivity contribution in [1.82, 2.24) is 9.88 Å². The first kappa shape index (κ1) is 18.0. The Bertz CT molecular complexity index is 821. The van der Waals surface area contributed by atoms with Crippen molar-refractivity contribution >= 4 is 5.71 Å². The predicted octanol–water partition coefficient (Wildman–Crippen LogP) is 4.26. The number of alkyl halides is 3. The second kappa shape index (κ2) is 6.96. The van der Waals surface area contributed by atoms with Gasteiger partial charge in [0.1, 0.15) is 5.71 Å². The van der Waals surface area contributed by atoms with Crippen LogP contribution in [0.5, 0.6) is 0 Å². The van der Waals surface area contributed by atoms with E-state index < -0.39 is 11.7 Å². The zero-order valence-electron chi connectivity index (χ0n) is 14.7. The van der Waals surface area contributed by atoms with Crippen molar-refractivity contribution in [1.29, 1.82) is 0 Å². The van der Waals surface area contributed by atoms with Crippen LogP contribution in [0, 0.1) is 0 Å². The van der Waals surface area contributed by atoms with Gasteiger partial charge in [-0.1, -0.05) is 23.4 Å². The van der Waals surface area contributed by atoms with Crippen LogP contribution >= 0.6 is 0 Å². The van der Waals surface area contributed by atoms with Crippen LogP contribution in [-0.4, -0.2) is 34.3 Å². The predicted molar refractivity (Wildman–Crippen MR) is 95.2 cm³/mol. The normalized spacial score (nSPS) is 23.3. The van der Waals surface area contributed by atoms with Gasteiger partial charge in [0.05, 0.1) is 11.3 Å². The van der Waals surface area contributed by atoms with E-state index in [0.29, 0.717) is 19.5 Å². The van der Waals surface area contributed by atoms with Crippen LogP contribution in [0.1, 0.15) is 36.1 Å². The van der Waals surface area contributed by atoms with Gasteiger partial charge in [-0.2, -0.15) is 13.2 Å². The third-order valence-corrected chi connectivity index (χ3v) is 5.11. The summed E-state index contributed by atoms with van der Waals surface area (Å²) in [5.74, 6) is 0. The molecule has 0 N–H and O–H groups in total. The number of piperidine rings is 1. The highest BCUT2D eigenvalue weighted by atomic mass is 19.4. The average molecular weight is 375 g/mol. The topological polar surface area (TPSA) is 37.7 Å². The zero-order chi connectivity index (χ0) is 18.9. The van der Waals surface area contributed by atoms with E-state index in [2.05, 4.69) is 15.0 Å². The Morgan fingerprint density at radius 1 is 1.11 bits per heavy atom. The lowest BCUT2D eigenvalue weighted by Gasteiger charge is -2.38. The van der Waals surface area contributed by atoms with E-state index in [-0.39, 0.29) is 5.60 Å². The van der Waals surface area contributed by atoms with Gasteiger partial charge in [-0.15, -0.1) is 0 Å². The summed E-state index contributed by atoms with van der Waals surface area (Å²) in [6.07, 6.45) is 0.0146. The van der Waals surface area contributed by atoms with E-state index in [4.69, 9.17) is 4.84 Å². The van der Waals surface area contributed by atoms with Crippen molar-refractivity contribution in [2.45, 2.75) is 37.6 Å². The van der Waals surface area contributed by atoms with E-state index in [1.165, 1.54) is 0 Å². The van der Waals surface area contributed by atoms with Crippen LogP contribution in [0.25, 0.3) is 0 Å². The number of rotatable bonds is 3. The molecule has 4 nitrogen and oxygen atoms in total. The first-order valence-corrected chi connectivity index (χ1v) is 8.99. The van der Waals surface area contributed by atoms with E-state index in [1.807, 2.05) is 18.2 Å². The monoisotopic (exact) mass is 375 g/mol. The van der Waals surface area contributed by atoms with Crippen LogP contribution in [0.15, 0.2) is 53.8 Å². The molecule has 0 amide bonds. The van der Waals surface area contributed by atoms with Crippen LogP contribution in [0.4, 0.5) is 13.2 Å². The Labute approximate surface area is 155 Å². The molecule has 1 fully saturated rings. The third-order valence-electron chi connectivity index (χ3n) is 5.11. The van der Waals surface area contributed by atoms with Crippen LogP contribution in [0.3, 0.4) is 0 Å². The van der Waals surface area contributed by atoms with Crippen molar-refractivity contribution < 1.29 is 18.0 Å². The van der Waals surface area contributed by atoms with Gasteiger partial charge in [-0.3, -0.25) is 9.88 Å². The maximum atomic E-state index is 12.7. The van der Waals surface area contributed by atoms with Crippen LogP contribution in [0.2, 0.25) is 0 Å². The van der Waals surface area contributed by atoms with E-state index in [0.717, 1.165) is 48.5 Å². The molecule has 1 aromatic carbocycles. The summed E-state index contributed by atoms with van der Waals surface area (Å²) in [4.78, 5) is 12.4. The Morgan fingerprint density at radius 2 is 1.93 bits per heavy atom. The summed E-state index contributed by atoms with van der Waals surface area (Å²) in [7, 11) is 0. The average Bonchev–Trinajstić information content (AvgIpc) is 3.05. The second-order valence-electron chi connectivity index (χ2n) is 7.21. The molecule has 1 saturated heterocycles. The highest BCUT2D eigenvalue weighted by Crippen LogP contribution is 2.35. The van der Waals surface area contributed by atoms with Gasteiger partial charge in [0.2, 0.25) is 0 Å². The molecule has 1 aromatic heterocycles. The van der Waals surface area contributed by atoms with Crippen molar-refractivity contribution in [2.75, 3.05) is 13.1 Å². The molecule has 1 unspecified atom stereocenters. The van der Waals surface area contributed by atoms with Gasteiger partial charge < -0.3 is 4.84 Å². The number of aromatic nitrogens is 1. The fraction of sp³-hybridized carbons (Fsp3) is 0.400. The zero-order valence-corrected chi connectivity index (χ0v) is 14.7. The van der Waals surface area contributed by atoms with Gasteiger partial charge in [0, 0.05) is 25.7 Å². The minimum atomic E-state index is -4.30. The number of hydrogen-bond donors (Lipinski definition) is 0. The second-order valence-corrected chi connectivity index (χ2v) is 7.21. The molecule has 142 valence electrons. The molecule has 3 heterocycles. The molecule has 4 rings (SSSR count). The Balaban J connectivity index is 1.40. The van der Waals surface area contributed by atoms with Gasteiger partial charge >= 0.3 is 6.18 Å². The van der Waals surface area contributed by atoms with Gasteiger partial charge in [0.25, 0.3) is 0 Å². The van der Waals surface area contributed by atoms with Crippen molar-refractivity contribution in [2.24, 2.45) is 5.16 Å². The summed E-state index contributed by atoms with van der Waals surface area (Å²) >= 11 is 0. The lowest BCUT2D eigenvalue weighted by Crippen LogP contribution is -2.47. The smallest absolute Gasteiger partial charge is 0.387 e. The quantitative estimate of drug-likeness (QED) is 0.805. The summed E-state index contributed by atoms with van der Waals surface area (Å²) < 4.78 is 38.1. The number of pyridine rings is 1. The maximum Gasteiger partial charge on any atom is 0.416 e. The van der Waals surface area contributed by atoms with E-state index >= 15 is 0 Å². The highest BCUT2D eigenvalue weighted by molar-refractivity contribution is 6.00. The molecule has 7 heteroatoms. The number of nitrogens with zero attached hydrogens (tertiary/aromatic N) is 3. The molecule has 2 aromatic rings. The molecule has 27 heavy (non-hydrogen) atoms. The molecule has 1 atom stereocenters. The molecule has 2 aliphatic heterocycles. The first-order valence-electron chi connectivity index (χ1n) is 8.99. The lowest BCUT2D eigenvalue weighted by atomic mass is 9.87. The summed E-state index contributed by atoms with van der Waals surface area (Å²) in [6, 6.07) is 11.1. The SMILES string of the molecule is FC(F)(F)c1ccc(CN2CCCC3(CC(c4ccccn4)=NO3)C2)cc1. The number of hydrogen-bond acceptors (Lipinski definition) is 4. The van der Waals surface area contributed by atoms with Crippen LogP contribution in [-0.2, 0) is 17.6 Å². The Morgan fingerprint density at radius 3 is 2.63 bits per heavy atom. The van der Waals surface area contributed by atoms with E-state index in [9.17, 15) is 13.2 Å². The molecular weight excluding hydrogens is 355 g/mol. The first-order chi connectivity index (χ1) is 12.9. The van der Waals surface area contributed by atoms with Crippen LogP contribution < -0.4 is 0 Å². The minimum absolute atomic E-state index is 0.364. The van der Waals surface area contributed by atoms with Crippen molar-refractivity contribution in [3.05, 3.63) is 65.5 Å². The molecule has 0 aliphatic carbocycles. The largest absolute Gasteiger partial charge is 0.416 e. The number of likely N-dealkylation sites (tertiary alicyclic amines) is 1. The minimum Gasteiger partial charge on any atom is -0.387 e. The molecule has 0 saturated carbocycles. The molecule has 2 aliphatic rings. The standard InChI is InChI=1S/C20H20F3N3O/c21-20(22,23)16-7-5-15(6-8-16)13-26-11-3-9-19(14-26)12-18(25-27-19)17-4-1-2-10-24-17/h1-2,4-8,10H,3,9,11-14H2. The highest BCUT2D eigenvalue weighted by Gasteiger charge is 2.43. The fourth-order valence-corrected chi connectivity index (χ4v) is 3.79. The molecule has 0 bridgehead atoms. The summed E-state index contributed by atoms with van der Waals surface area (Å²) in [5.41, 5.74) is 1.57. The summed E-state index contributed by atoms with van der Waals surface area (Å²) in [6.45, 7) is 2.20. The number of oxime groups is 1. The lowest BCUT2D eigenvalue weighted by molar-refractivity contribution is -0.137.